The van der Waals surface area contributed by atoms with Gasteiger partial charge in [-0.3, -0.25) is 4.79 Å². The second kappa shape index (κ2) is 7.87. The fourth-order valence-corrected chi connectivity index (χ4v) is 4.13. The summed E-state index contributed by atoms with van der Waals surface area (Å²) in [5.74, 6) is 1.34. The number of morpholine rings is 1. The molecule has 2 aliphatic rings. The molecule has 1 amide bonds. The summed E-state index contributed by atoms with van der Waals surface area (Å²) in [6.45, 7) is 3.97. The summed E-state index contributed by atoms with van der Waals surface area (Å²) in [5, 5.41) is 2.31. The molecule has 2 fully saturated rings. The lowest BCUT2D eigenvalue weighted by molar-refractivity contribution is -0.144. The number of amides is 1. The van der Waals surface area contributed by atoms with Crippen molar-refractivity contribution in [2.24, 2.45) is 5.92 Å². The highest BCUT2D eigenvalue weighted by Gasteiger charge is 2.31. The average Bonchev–Trinajstić information content (AvgIpc) is 2.73. The number of likely N-dealkylation sites (tertiary alicyclic amines) is 1. The van der Waals surface area contributed by atoms with Gasteiger partial charge >= 0.3 is 0 Å². The van der Waals surface area contributed by atoms with Crippen molar-refractivity contribution < 1.29 is 14.3 Å². The van der Waals surface area contributed by atoms with E-state index in [0.717, 1.165) is 48.0 Å². The molecule has 1 atom stereocenters. The van der Waals surface area contributed by atoms with Crippen LogP contribution in [-0.2, 0) is 9.53 Å². The smallest absolute Gasteiger partial charge is 0.225 e. The van der Waals surface area contributed by atoms with E-state index < -0.39 is 0 Å². The zero-order valence-corrected chi connectivity index (χ0v) is 16.2. The number of hydrogen-bond donors (Lipinski definition) is 0. The van der Waals surface area contributed by atoms with Gasteiger partial charge in [0.05, 0.1) is 20.3 Å². The standard InChI is InChI=1S/C22H28N2O3/c1-23-9-7-16(8-10-23)22(25)24-11-12-27-21(15-24)19-4-3-18-14-20(26-2)6-5-17(18)13-19/h3-6,13-14,16,21H,7-12,15H2,1-2H3/t21-/m0/s1. The van der Waals surface area contributed by atoms with Crippen LogP contribution in [0.15, 0.2) is 36.4 Å². The van der Waals surface area contributed by atoms with Crippen molar-refractivity contribution in [3.05, 3.63) is 42.0 Å². The molecule has 27 heavy (non-hydrogen) atoms. The largest absolute Gasteiger partial charge is 0.497 e. The molecule has 0 N–H and O–H groups in total. The number of rotatable bonds is 3. The van der Waals surface area contributed by atoms with Crippen molar-refractivity contribution in [3.8, 4) is 5.75 Å². The van der Waals surface area contributed by atoms with Crippen LogP contribution in [0.4, 0.5) is 0 Å². The lowest BCUT2D eigenvalue weighted by atomic mass is 9.95. The number of hydrogen-bond acceptors (Lipinski definition) is 4. The fraction of sp³-hybridized carbons (Fsp3) is 0.500. The molecule has 0 radical (unpaired) electrons. The normalized spacial score (nSPS) is 22.1. The summed E-state index contributed by atoms with van der Waals surface area (Å²) < 4.78 is 11.3. The van der Waals surface area contributed by atoms with Crippen LogP contribution in [0.3, 0.4) is 0 Å². The van der Waals surface area contributed by atoms with E-state index in [2.05, 4.69) is 36.2 Å². The molecular formula is C22H28N2O3. The Bertz CT molecular complexity index is 814. The van der Waals surface area contributed by atoms with E-state index in [0.29, 0.717) is 25.6 Å². The van der Waals surface area contributed by atoms with Gasteiger partial charge in [0.15, 0.2) is 0 Å². The Balaban J connectivity index is 1.47. The summed E-state index contributed by atoms with van der Waals surface area (Å²) in [6.07, 6.45) is 1.88. The number of nitrogens with zero attached hydrogens (tertiary/aromatic N) is 2. The molecule has 0 unspecified atom stereocenters. The van der Waals surface area contributed by atoms with Gasteiger partial charge in [0.25, 0.3) is 0 Å². The van der Waals surface area contributed by atoms with Crippen LogP contribution in [0.25, 0.3) is 10.8 Å². The minimum atomic E-state index is -0.0551. The Morgan fingerprint density at radius 3 is 2.59 bits per heavy atom. The topological polar surface area (TPSA) is 42.0 Å². The van der Waals surface area contributed by atoms with Crippen LogP contribution in [-0.4, -0.2) is 62.7 Å². The highest BCUT2D eigenvalue weighted by atomic mass is 16.5. The third kappa shape index (κ3) is 3.94. The van der Waals surface area contributed by atoms with E-state index in [1.165, 1.54) is 0 Å². The van der Waals surface area contributed by atoms with Crippen LogP contribution in [0.1, 0.15) is 24.5 Å². The molecule has 5 heteroatoms. The first-order valence-electron chi connectivity index (χ1n) is 9.80. The minimum Gasteiger partial charge on any atom is -0.497 e. The number of carbonyl (C=O) groups is 1. The summed E-state index contributed by atoms with van der Waals surface area (Å²) in [5.41, 5.74) is 1.13. The van der Waals surface area contributed by atoms with E-state index in [1.54, 1.807) is 7.11 Å². The summed E-state index contributed by atoms with van der Waals surface area (Å²) in [6, 6.07) is 12.5. The van der Waals surface area contributed by atoms with E-state index in [-0.39, 0.29) is 12.0 Å². The molecule has 2 aromatic carbocycles. The molecule has 2 saturated heterocycles. The fourth-order valence-electron chi connectivity index (χ4n) is 4.13. The van der Waals surface area contributed by atoms with Crippen molar-refractivity contribution >= 4 is 16.7 Å². The van der Waals surface area contributed by atoms with Crippen molar-refractivity contribution in [3.63, 3.8) is 0 Å². The highest BCUT2D eigenvalue weighted by Crippen LogP contribution is 2.29. The van der Waals surface area contributed by atoms with E-state index in [1.807, 2.05) is 17.0 Å². The summed E-state index contributed by atoms with van der Waals surface area (Å²) in [4.78, 5) is 17.3. The SMILES string of the molecule is COc1ccc2cc([C@@H]3CN(C(=O)C4CCN(C)CC4)CCO3)ccc2c1. The molecule has 0 saturated carbocycles. The van der Waals surface area contributed by atoms with E-state index >= 15 is 0 Å². The maximum atomic E-state index is 13.0. The third-order valence-corrected chi connectivity index (χ3v) is 5.89. The van der Waals surface area contributed by atoms with E-state index in [9.17, 15) is 4.79 Å². The zero-order valence-electron chi connectivity index (χ0n) is 16.2. The Kier molecular flexibility index (Phi) is 5.32. The first kappa shape index (κ1) is 18.3. The van der Waals surface area contributed by atoms with Gasteiger partial charge in [-0.15, -0.1) is 0 Å². The van der Waals surface area contributed by atoms with Crippen molar-refractivity contribution in [2.45, 2.75) is 18.9 Å². The Morgan fingerprint density at radius 1 is 1.07 bits per heavy atom. The first-order chi connectivity index (χ1) is 13.1. The van der Waals surface area contributed by atoms with Gasteiger partial charge in [0.2, 0.25) is 5.91 Å². The Labute approximate surface area is 160 Å². The van der Waals surface area contributed by atoms with Gasteiger partial charge < -0.3 is 19.3 Å². The van der Waals surface area contributed by atoms with Crippen molar-refractivity contribution in [1.82, 2.24) is 9.80 Å². The number of methoxy groups -OCH3 is 1. The van der Waals surface area contributed by atoms with Gasteiger partial charge in [0, 0.05) is 12.5 Å². The maximum Gasteiger partial charge on any atom is 0.225 e. The monoisotopic (exact) mass is 368 g/mol. The van der Waals surface area contributed by atoms with Gasteiger partial charge in [-0.05, 0) is 67.5 Å². The van der Waals surface area contributed by atoms with Crippen molar-refractivity contribution in [2.75, 3.05) is 46.9 Å². The molecule has 2 aromatic rings. The van der Waals surface area contributed by atoms with Crippen molar-refractivity contribution in [1.29, 1.82) is 0 Å². The quantitative estimate of drug-likeness (QED) is 0.835. The molecule has 0 bridgehead atoms. The molecule has 0 aromatic heterocycles. The van der Waals surface area contributed by atoms with E-state index in [4.69, 9.17) is 9.47 Å². The average molecular weight is 368 g/mol. The number of fused-ring (bicyclic) bond motifs is 1. The van der Waals surface area contributed by atoms with Gasteiger partial charge in [0.1, 0.15) is 11.9 Å². The third-order valence-electron chi connectivity index (χ3n) is 5.89. The highest BCUT2D eigenvalue weighted by molar-refractivity contribution is 5.84. The van der Waals surface area contributed by atoms with Crippen LogP contribution in [0, 0.1) is 5.92 Å². The second-order valence-corrected chi connectivity index (χ2v) is 7.69. The number of benzene rings is 2. The predicted octanol–water partition coefficient (Wildman–Crippen LogP) is 3.09. The van der Waals surface area contributed by atoms with Gasteiger partial charge in [-0.1, -0.05) is 18.2 Å². The zero-order chi connectivity index (χ0) is 18.8. The van der Waals surface area contributed by atoms with Crippen LogP contribution in [0.5, 0.6) is 5.75 Å². The molecular weight excluding hydrogens is 340 g/mol. The molecule has 0 aliphatic carbocycles. The van der Waals surface area contributed by atoms with Crippen LogP contribution < -0.4 is 4.74 Å². The predicted molar refractivity (Wildman–Crippen MR) is 106 cm³/mol. The molecule has 2 heterocycles. The summed E-state index contributed by atoms with van der Waals surface area (Å²) >= 11 is 0. The Morgan fingerprint density at radius 2 is 1.81 bits per heavy atom. The minimum absolute atomic E-state index is 0.0551. The first-order valence-corrected chi connectivity index (χ1v) is 9.80. The van der Waals surface area contributed by atoms with Crippen LogP contribution in [0.2, 0.25) is 0 Å². The summed E-state index contributed by atoms with van der Waals surface area (Å²) in [7, 11) is 3.81. The molecule has 144 valence electrons. The molecule has 2 aliphatic heterocycles. The maximum absolute atomic E-state index is 13.0. The van der Waals surface area contributed by atoms with Gasteiger partial charge in [-0.2, -0.15) is 0 Å². The van der Waals surface area contributed by atoms with Gasteiger partial charge in [-0.25, -0.2) is 0 Å². The number of piperidine rings is 1. The Hall–Kier alpha value is -2.11. The lowest BCUT2D eigenvalue weighted by Crippen LogP contribution is -2.47. The molecule has 5 nitrogen and oxygen atoms in total. The lowest BCUT2D eigenvalue weighted by Gasteiger charge is -2.37. The number of carbonyl (C=O) groups excluding carboxylic acids is 1. The second-order valence-electron chi connectivity index (χ2n) is 7.69. The number of ether oxygens (including phenoxy) is 2. The molecule has 0 spiro atoms. The molecule has 4 rings (SSSR count). The van der Waals surface area contributed by atoms with Crippen LogP contribution >= 0.6 is 0 Å².